The second-order valence-electron chi connectivity index (χ2n) is 5.48. The molecule has 6 nitrogen and oxygen atoms in total. The molecule has 0 saturated heterocycles. The van der Waals surface area contributed by atoms with Gasteiger partial charge in [0.2, 0.25) is 11.8 Å². The Morgan fingerprint density at radius 1 is 1.12 bits per heavy atom. The van der Waals surface area contributed by atoms with Gasteiger partial charge in [-0.3, -0.25) is 4.79 Å². The van der Waals surface area contributed by atoms with Gasteiger partial charge in [-0.2, -0.15) is 4.98 Å². The van der Waals surface area contributed by atoms with Gasteiger partial charge in [0.25, 0.3) is 5.91 Å². The van der Waals surface area contributed by atoms with Gasteiger partial charge in [-0.15, -0.1) is 11.3 Å². The number of fused-ring (bicyclic) bond motifs is 1. The van der Waals surface area contributed by atoms with E-state index in [1.807, 2.05) is 47.8 Å². The summed E-state index contributed by atoms with van der Waals surface area (Å²) < 4.78 is 6.65. The van der Waals surface area contributed by atoms with E-state index in [0.29, 0.717) is 17.2 Å². The van der Waals surface area contributed by atoms with E-state index in [2.05, 4.69) is 15.3 Å². The van der Waals surface area contributed by atoms with Crippen LogP contribution in [0.4, 0.5) is 11.6 Å². The van der Waals surface area contributed by atoms with Crippen LogP contribution >= 0.6 is 11.3 Å². The van der Waals surface area contributed by atoms with Crippen LogP contribution in [0.3, 0.4) is 0 Å². The lowest BCUT2D eigenvalue weighted by Crippen LogP contribution is -2.10. The smallest absolute Gasteiger partial charge is 0.257 e. The minimum absolute atomic E-state index is 0.139. The molecule has 0 aliphatic heterocycles. The molecule has 2 aromatic carbocycles. The van der Waals surface area contributed by atoms with Crippen LogP contribution in [0.15, 0.2) is 66.2 Å². The number of aromatic nitrogens is 2. The normalized spacial score (nSPS) is 10.6. The molecule has 1 amide bonds. The highest BCUT2D eigenvalue weighted by molar-refractivity contribution is 7.17. The number of carbonyl (C=O) groups excluding carboxylic acids is 1. The molecule has 0 fully saturated rings. The molecular weight excluding hydrogens is 348 g/mol. The van der Waals surface area contributed by atoms with Gasteiger partial charge >= 0.3 is 0 Å². The summed E-state index contributed by atoms with van der Waals surface area (Å²) in [4.78, 5) is 20.4. The molecule has 0 aliphatic carbocycles. The molecule has 0 atom stereocenters. The van der Waals surface area contributed by atoms with Crippen molar-refractivity contribution in [1.29, 1.82) is 0 Å². The molecule has 0 unspecified atom stereocenters. The molecule has 0 bridgehead atoms. The van der Waals surface area contributed by atoms with Crippen molar-refractivity contribution in [3.63, 3.8) is 0 Å². The fourth-order valence-corrected chi connectivity index (χ4v) is 3.47. The van der Waals surface area contributed by atoms with Gasteiger partial charge in [-0.25, -0.2) is 4.98 Å². The third kappa shape index (κ3) is 3.33. The number of carbonyl (C=O) groups is 1. The lowest BCUT2D eigenvalue weighted by atomic mass is 10.1. The van der Waals surface area contributed by atoms with Gasteiger partial charge in [-0.1, -0.05) is 18.2 Å². The van der Waals surface area contributed by atoms with Crippen LogP contribution in [-0.2, 0) is 0 Å². The predicted octanol–water partition coefficient (Wildman–Crippen LogP) is 4.32. The summed E-state index contributed by atoms with van der Waals surface area (Å²) in [5.41, 5.74) is 6.95. The maximum absolute atomic E-state index is 12.5. The molecule has 7 heteroatoms. The highest BCUT2D eigenvalue weighted by atomic mass is 32.1. The van der Waals surface area contributed by atoms with Crippen LogP contribution in [-0.4, -0.2) is 15.9 Å². The number of anilines is 2. The summed E-state index contributed by atoms with van der Waals surface area (Å²) in [5, 5.41) is 5.62. The van der Waals surface area contributed by atoms with Crippen molar-refractivity contribution in [3.05, 3.63) is 71.7 Å². The van der Waals surface area contributed by atoms with Crippen molar-refractivity contribution in [3.8, 4) is 11.6 Å². The molecule has 4 rings (SSSR count). The standard InChI is InChI=1S/C19H14N4O2S/c20-19-21-9-8-17(23-19)25-13-6-7-14-15(11-26-16(14)10-13)18(24)22-12-4-2-1-3-5-12/h1-11H,(H,22,24)(H2,20,21,23). The van der Waals surface area contributed by atoms with Gasteiger partial charge in [-0.05, 0) is 30.3 Å². The van der Waals surface area contributed by atoms with Crippen molar-refractivity contribution in [2.75, 3.05) is 11.1 Å². The second kappa shape index (κ2) is 6.81. The van der Waals surface area contributed by atoms with E-state index in [0.717, 1.165) is 15.8 Å². The van der Waals surface area contributed by atoms with E-state index >= 15 is 0 Å². The zero-order chi connectivity index (χ0) is 17.9. The van der Waals surface area contributed by atoms with Gasteiger partial charge in [0.1, 0.15) is 5.75 Å². The van der Waals surface area contributed by atoms with Crippen LogP contribution in [0.5, 0.6) is 11.6 Å². The number of nitrogens with one attached hydrogen (secondary N) is 1. The molecule has 128 valence electrons. The Balaban J connectivity index is 1.58. The number of rotatable bonds is 4. The molecule has 4 aromatic rings. The molecule has 3 N–H and O–H groups in total. The van der Waals surface area contributed by atoms with E-state index in [1.165, 1.54) is 17.5 Å². The van der Waals surface area contributed by atoms with Crippen molar-refractivity contribution < 1.29 is 9.53 Å². The monoisotopic (exact) mass is 362 g/mol. The van der Waals surface area contributed by atoms with Crippen LogP contribution < -0.4 is 15.8 Å². The molecule has 26 heavy (non-hydrogen) atoms. The Bertz CT molecular complexity index is 1080. The zero-order valence-electron chi connectivity index (χ0n) is 13.5. The molecule has 0 radical (unpaired) electrons. The minimum atomic E-state index is -0.139. The molecular formula is C19H14N4O2S. The summed E-state index contributed by atoms with van der Waals surface area (Å²) >= 11 is 1.48. The first-order valence-electron chi connectivity index (χ1n) is 7.83. The van der Waals surface area contributed by atoms with E-state index in [9.17, 15) is 4.79 Å². The fourth-order valence-electron chi connectivity index (χ4n) is 2.50. The van der Waals surface area contributed by atoms with E-state index < -0.39 is 0 Å². The van der Waals surface area contributed by atoms with Gasteiger partial charge in [0.15, 0.2) is 0 Å². The number of nitrogen functional groups attached to an aromatic ring is 1. The quantitative estimate of drug-likeness (QED) is 0.564. The Kier molecular flexibility index (Phi) is 4.20. The van der Waals surface area contributed by atoms with E-state index in [4.69, 9.17) is 10.5 Å². The van der Waals surface area contributed by atoms with Crippen molar-refractivity contribution in [2.24, 2.45) is 0 Å². The number of nitrogens with two attached hydrogens (primary N) is 1. The van der Waals surface area contributed by atoms with Crippen molar-refractivity contribution >= 4 is 39.0 Å². The highest BCUT2D eigenvalue weighted by Crippen LogP contribution is 2.31. The molecule has 0 aliphatic rings. The number of hydrogen-bond donors (Lipinski definition) is 2. The third-order valence-corrected chi connectivity index (χ3v) is 4.64. The summed E-state index contributed by atoms with van der Waals surface area (Å²) in [5.74, 6) is 1.00. The molecule has 0 saturated carbocycles. The summed E-state index contributed by atoms with van der Waals surface area (Å²) in [6, 6.07) is 16.5. The van der Waals surface area contributed by atoms with Crippen LogP contribution in [0.2, 0.25) is 0 Å². The average Bonchev–Trinajstić information content (AvgIpc) is 3.06. The Labute approximate surface area is 153 Å². The lowest BCUT2D eigenvalue weighted by molar-refractivity contribution is 0.102. The van der Waals surface area contributed by atoms with Crippen molar-refractivity contribution in [1.82, 2.24) is 9.97 Å². The summed E-state index contributed by atoms with van der Waals surface area (Å²) in [7, 11) is 0. The first-order valence-corrected chi connectivity index (χ1v) is 8.71. The minimum Gasteiger partial charge on any atom is -0.439 e. The number of para-hydroxylation sites is 1. The zero-order valence-corrected chi connectivity index (χ0v) is 14.4. The van der Waals surface area contributed by atoms with Crippen molar-refractivity contribution in [2.45, 2.75) is 0 Å². The van der Waals surface area contributed by atoms with Gasteiger partial charge in [0.05, 0.1) is 5.56 Å². The van der Waals surface area contributed by atoms with Crippen LogP contribution in [0, 0.1) is 0 Å². The average molecular weight is 362 g/mol. The first kappa shape index (κ1) is 16.0. The van der Waals surface area contributed by atoms with E-state index in [1.54, 1.807) is 12.1 Å². The molecule has 0 spiro atoms. The fraction of sp³-hybridized carbons (Fsp3) is 0. The Morgan fingerprint density at radius 2 is 1.96 bits per heavy atom. The molecule has 2 heterocycles. The largest absolute Gasteiger partial charge is 0.439 e. The Hall–Kier alpha value is -3.45. The first-order chi connectivity index (χ1) is 12.7. The van der Waals surface area contributed by atoms with Crippen LogP contribution in [0.1, 0.15) is 10.4 Å². The summed E-state index contributed by atoms with van der Waals surface area (Å²) in [6.07, 6.45) is 1.54. The van der Waals surface area contributed by atoms with E-state index in [-0.39, 0.29) is 11.9 Å². The summed E-state index contributed by atoms with van der Waals surface area (Å²) in [6.45, 7) is 0. The maximum atomic E-state index is 12.5. The number of hydrogen-bond acceptors (Lipinski definition) is 6. The highest BCUT2D eigenvalue weighted by Gasteiger charge is 2.13. The van der Waals surface area contributed by atoms with Crippen LogP contribution in [0.25, 0.3) is 10.1 Å². The van der Waals surface area contributed by atoms with Gasteiger partial charge in [0, 0.05) is 33.4 Å². The third-order valence-electron chi connectivity index (χ3n) is 3.69. The number of ether oxygens (including phenoxy) is 1. The second-order valence-corrected chi connectivity index (χ2v) is 6.39. The number of nitrogens with zero attached hydrogens (tertiary/aromatic N) is 2. The lowest BCUT2D eigenvalue weighted by Gasteiger charge is -2.06. The number of thiophene rings is 1. The SMILES string of the molecule is Nc1nccc(Oc2ccc3c(C(=O)Nc4ccccc4)csc3c2)n1. The predicted molar refractivity (Wildman–Crippen MR) is 103 cm³/mol. The van der Waals surface area contributed by atoms with Gasteiger partial charge < -0.3 is 15.8 Å². The number of benzene rings is 2. The Morgan fingerprint density at radius 3 is 2.77 bits per heavy atom. The number of amides is 1. The maximum Gasteiger partial charge on any atom is 0.257 e. The topological polar surface area (TPSA) is 90.1 Å². The molecule has 2 aromatic heterocycles.